The lowest BCUT2D eigenvalue weighted by Crippen LogP contribution is -2.49. The van der Waals surface area contributed by atoms with Crippen LogP contribution in [0.1, 0.15) is 128 Å². The summed E-state index contributed by atoms with van der Waals surface area (Å²) in [6, 6.07) is 8.82. The topological polar surface area (TPSA) is 37.4 Å². The molecule has 1 aromatic rings. The Labute approximate surface area is 216 Å². The van der Waals surface area contributed by atoms with Crippen molar-refractivity contribution in [1.29, 1.82) is 0 Å². The number of hydrogen-bond donors (Lipinski definition) is 0. The third kappa shape index (κ3) is 6.01. The largest absolute Gasteiger partial charge is 0.244 e. The predicted molar refractivity (Wildman–Crippen MR) is 150 cm³/mol. The first-order chi connectivity index (χ1) is 17.2. The van der Waals surface area contributed by atoms with Crippen LogP contribution >= 0.6 is 7.92 Å². The molecule has 0 amide bonds. The van der Waals surface area contributed by atoms with E-state index in [2.05, 4.69) is 16.4 Å². The van der Waals surface area contributed by atoms with E-state index in [0.717, 1.165) is 37.0 Å². The highest BCUT2D eigenvalue weighted by Crippen LogP contribution is 2.56. The third-order valence-corrected chi connectivity index (χ3v) is 15.3. The highest BCUT2D eigenvalue weighted by molar-refractivity contribution is 7.90. The molecule has 4 fully saturated rings. The number of sulfonamides is 1. The number of benzene rings is 1. The second kappa shape index (κ2) is 12.4. The molecule has 1 aromatic carbocycles. The van der Waals surface area contributed by atoms with Crippen LogP contribution in [0.25, 0.3) is 0 Å². The van der Waals surface area contributed by atoms with Crippen LogP contribution in [0.2, 0.25) is 0 Å². The van der Waals surface area contributed by atoms with Gasteiger partial charge < -0.3 is 0 Å². The minimum absolute atomic E-state index is 0.209. The molecule has 0 bridgehead atoms. The zero-order valence-electron chi connectivity index (χ0n) is 21.9. The summed E-state index contributed by atoms with van der Waals surface area (Å²) in [5, 5.41) is 1.25. The van der Waals surface area contributed by atoms with Gasteiger partial charge in [0.1, 0.15) is 0 Å². The summed E-state index contributed by atoms with van der Waals surface area (Å²) in [5.74, 6) is 0. The van der Waals surface area contributed by atoms with Crippen LogP contribution in [0.3, 0.4) is 0 Å². The van der Waals surface area contributed by atoms with Gasteiger partial charge in [0, 0.05) is 12.1 Å². The summed E-state index contributed by atoms with van der Waals surface area (Å²) in [5.41, 5.74) is 1.44. The van der Waals surface area contributed by atoms with Gasteiger partial charge in [-0.25, -0.2) is 8.42 Å². The van der Waals surface area contributed by atoms with Crippen LogP contribution in [0, 0.1) is 0 Å². The van der Waals surface area contributed by atoms with Gasteiger partial charge in [-0.05, 0) is 74.1 Å². The first kappa shape index (κ1) is 26.2. The van der Waals surface area contributed by atoms with Crippen molar-refractivity contribution in [3.63, 3.8) is 0 Å². The van der Waals surface area contributed by atoms with Gasteiger partial charge in [-0.2, -0.15) is 4.31 Å². The molecule has 5 rings (SSSR count). The molecule has 0 aliphatic heterocycles. The normalized spacial score (nSPS) is 24.9. The first-order valence-corrected chi connectivity index (χ1v) is 18.0. The summed E-state index contributed by atoms with van der Waals surface area (Å²) in [4.78, 5) is 0.707. The van der Waals surface area contributed by atoms with Crippen LogP contribution < -0.4 is 5.30 Å². The lowest BCUT2D eigenvalue weighted by atomic mass is 9.91. The van der Waals surface area contributed by atoms with E-state index in [9.17, 15) is 8.42 Å². The molecular weight excluding hydrogens is 469 g/mol. The molecule has 0 N–H and O–H groups in total. The van der Waals surface area contributed by atoms with Crippen LogP contribution in [0.5, 0.6) is 0 Å². The van der Waals surface area contributed by atoms with Crippen molar-refractivity contribution in [2.45, 2.75) is 157 Å². The molecule has 5 heteroatoms. The zero-order chi connectivity index (χ0) is 24.1. The highest BCUT2D eigenvalue weighted by atomic mass is 32.2. The summed E-state index contributed by atoms with van der Waals surface area (Å²) in [7, 11) is -3.95. The van der Waals surface area contributed by atoms with E-state index in [1.807, 2.05) is 12.1 Å². The van der Waals surface area contributed by atoms with E-state index in [0.29, 0.717) is 4.90 Å². The molecule has 0 heterocycles. The van der Waals surface area contributed by atoms with E-state index >= 15 is 0 Å². The Morgan fingerprint density at radius 1 is 0.571 bits per heavy atom. The van der Waals surface area contributed by atoms with Gasteiger partial charge in [0.15, 0.2) is 0 Å². The van der Waals surface area contributed by atoms with Crippen molar-refractivity contribution in [3.05, 3.63) is 24.3 Å². The molecule has 35 heavy (non-hydrogen) atoms. The Kier molecular flexibility index (Phi) is 9.28. The van der Waals surface area contributed by atoms with Crippen molar-refractivity contribution >= 4 is 23.2 Å². The second-order valence-corrected chi connectivity index (χ2v) is 16.4. The molecule has 0 spiro atoms. The quantitative estimate of drug-likeness (QED) is 0.343. The standard InChI is InChI=1S/C30H48NO2PS/c32-35(33,31(25-15-5-1-6-16-25)26-17-7-2-8-18-26)30-24-14-13-23-29(30)34(27-19-9-3-10-20-27)28-21-11-4-12-22-28/h13-14,23-28H,1-12,15-22H2. The fourth-order valence-electron chi connectivity index (χ4n) is 7.77. The number of hydrogen-bond acceptors (Lipinski definition) is 2. The Morgan fingerprint density at radius 2 is 0.971 bits per heavy atom. The van der Waals surface area contributed by atoms with Crippen LogP contribution in [-0.2, 0) is 10.0 Å². The fourth-order valence-corrected chi connectivity index (χ4v) is 14.3. The summed E-state index contributed by atoms with van der Waals surface area (Å²) >= 11 is 0. The summed E-state index contributed by atoms with van der Waals surface area (Å²) in [6.07, 6.45) is 24.8. The van der Waals surface area contributed by atoms with Gasteiger partial charge in [0.25, 0.3) is 0 Å². The van der Waals surface area contributed by atoms with E-state index in [1.54, 1.807) is 0 Å². The number of rotatable bonds is 7. The summed E-state index contributed by atoms with van der Waals surface area (Å²) in [6.45, 7) is 0. The minimum atomic E-state index is -3.50. The maximum absolute atomic E-state index is 14.8. The molecule has 0 radical (unpaired) electrons. The molecule has 0 unspecified atom stereocenters. The van der Waals surface area contributed by atoms with E-state index in [-0.39, 0.29) is 12.1 Å². The fraction of sp³-hybridized carbons (Fsp3) is 0.800. The Balaban J connectivity index is 1.54. The van der Waals surface area contributed by atoms with Gasteiger partial charge in [-0.3, -0.25) is 0 Å². The lowest BCUT2D eigenvalue weighted by molar-refractivity contribution is 0.170. The predicted octanol–water partition coefficient (Wildman–Crippen LogP) is 8.12. The van der Waals surface area contributed by atoms with Gasteiger partial charge in [0.05, 0.1) is 4.90 Å². The Hall–Kier alpha value is -0.440. The van der Waals surface area contributed by atoms with Gasteiger partial charge in [0.2, 0.25) is 10.0 Å². The molecule has 4 saturated carbocycles. The van der Waals surface area contributed by atoms with Crippen LogP contribution in [0.15, 0.2) is 29.2 Å². The van der Waals surface area contributed by atoms with Gasteiger partial charge in [-0.15, -0.1) is 0 Å². The average molecular weight is 518 g/mol. The first-order valence-electron chi connectivity index (χ1n) is 15.1. The Morgan fingerprint density at radius 3 is 1.43 bits per heavy atom. The Bertz CT molecular complexity index is 859. The minimum Gasteiger partial charge on any atom is -0.207 e. The van der Waals surface area contributed by atoms with Crippen molar-refractivity contribution in [2.24, 2.45) is 0 Å². The highest BCUT2D eigenvalue weighted by Gasteiger charge is 2.41. The molecule has 0 aromatic heterocycles. The summed E-state index contributed by atoms with van der Waals surface area (Å²) < 4.78 is 31.6. The van der Waals surface area contributed by atoms with E-state index < -0.39 is 17.9 Å². The van der Waals surface area contributed by atoms with Gasteiger partial charge >= 0.3 is 0 Å². The average Bonchev–Trinajstić information content (AvgIpc) is 2.92. The molecule has 4 aliphatic carbocycles. The molecule has 0 atom stereocenters. The van der Waals surface area contributed by atoms with Crippen LogP contribution in [-0.4, -0.2) is 36.1 Å². The number of nitrogens with zero attached hydrogens (tertiary/aromatic N) is 1. The molecule has 4 aliphatic rings. The maximum atomic E-state index is 14.8. The van der Waals surface area contributed by atoms with E-state index in [4.69, 9.17) is 0 Å². The molecular formula is C30H48NO2PS. The van der Waals surface area contributed by atoms with Gasteiger partial charge in [-0.1, -0.05) is 103 Å². The SMILES string of the molecule is O=S(=O)(c1ccccc1P(C1CCCCC1)C1CCCCC1)N(C1CCCCC1)C1CCCCC1. The smallest absolute Gasteiger partial charge is 0.207 e. The molecule has 3 nitrogen and oxygen atoms in total. The van der Waals surface area contributed by atoms with Crippen molar-refractivity contribution in [3.8, 4) is 0 Å². The van der Waals surface area contributed by atoms with Crippen molar-refractivity contribution in [2.75, 3.05) is 0 Å². The zero-order valence-corrected chi connectivity index (χ0v) is 23.6. The van der Waals surface area contributed by atoms with Crippen molar-refractivity contribution in [1.82, 2.24) is 4.31 Å². The van der Waals surface area contributed by atoms with E-state index in [1.165, 1.54) is 108 Å². The monoisotopic (exact) mass is 517 g/mol. The lowest BCUT2D eigenvalue weighted by Gasteiger charge is -2.42. The van der Waals surface area contributed by atoms with Crippen LogP contribution in [0.4, 0.5) is 0 Å². The second-order valence-electron chi connectivity index (χ2n) is 11.9. The molecule has 0 saturated heterocycles. The maximum Gasteiger partial charge on any atom is 0.244 e. The molecule has 196 valence electrons. The third-order valence-electron chi connectivity index (χ3n) is 9.50. The van der Waals surface area contributed by atoms with Crippen molar-refractivity contribution < 1.29 is 8.42 Å².